The van der Waals surface area contributed by atoms with Crippen molar-refractivity contribution < 1.29 is 14.2 Å². The number of methoxy groups -OCH3 is 1. The number of benzene rings is 2. The van der Waals surface area contributed by atoms with Crippen LogP contribution in [-0.4, -0.2) is 29.3 Å². The van der Waals surface area contributed by atoms with Crippen molar-refractivity contribution >= 4 is 0 Å². The van der Waals surface area contributed by atoms with E-state index >= 15 is 0 Å². The molecule has 1 saturated heterocycles. The number of nitrogens with zero attached hydrogens (tertiary/aromatic N) is 1. The maximum atomic E-state index is 13.7. The first-order valence-corrected chi connectivity index (χ1v) is 9.94. The van der Waals surface area contributed by atoms with Crippen molar-refractivity contribution in [3.63, 3.8) is 0 Å². The number of hydrogen-bond acceptors (Lipinski definition) is 3. The summed E-state index contributed by atoms with van der Waals surface area (Å²) in [7, 11) is 1.67. The summed E-state index contributed by atoms with van der Waals surface area (Å²) in [5.41, 5.74) is 1.60. The lowest BCUT2D eigenvalue weighted by Gasteiger charge is -2.52. The average molecular weight is 369 g/mol. The maximum absolute atomic E-state index is 13.7. The molecule has 4 rings (SSSR count). The van der Waals surface area contributed by atoms with Crippen molar-refractivity contribution in [1.29, 1.82) is 0 Å². The highest BCUT2D eigenvalue weighted by Gasteiger charge is 2.48. The summed E-state index contributed by atoms with van der Waals surface area (Å²) in [4.78, 5) is 2.42. The molecule has 3 nitrogen and oxygen atoms in total. The van der Waals surface area contributed by atoms with E-state index in [1.54, 1.807) is 19.2 Å². The molecule has 0 radical (unpaired) electrons. The Bertz CT molecular complexity index is 778. The monoisotopic (exact) mass is 369 g/mol. The Morgan fingerprint density at radius 3 is 2.70 bits per heavy atom. The van der Waals surface area contributed by atoms with Crippen molar-refractivity contribution in [2.24, 2.45) is 5.92 Å². The molecule has 2 aromatic carbocycles. The van der Waals surface area contributed by atoms with Gasteiger partial charge in [0.25, 0.3) is 0 Å². The quantitative estimate of drug-likeness (QED) is 0.848. The lowest BCUT2D eigenvalue weighted by Crippen LogP contribution is -2.54. The first kappa shape index (κ1) is 18.5. The third kappa shape index (κ3) is 3.74. The number of halogens is 1. The van der Waals surface area contributed by atoms with Gasteiger partial charge < -0.3 is 9.84 Å². The summed E-state index contributed by atoms with van der Waals surface area (Å²) in [6, 6.07) is 15.2. The molecule has 0 bridgehead atoms. The van der Waals surface area contributed by atoms with Crippen LogP contribution in [0.15, 0.2) is 48.5 Å². The zero-order valence-electron chi connectivity index (χ0n) is 15.9. The molecule has 0 amide bonds. The summed E-state index contributed by atoms with van der Waals surface area (Å²) in [5.74, 6) is 0.853. The lowest BCUT2D eigenvalue weighted by molar-refractivity contribution is -0.126. The summed E-state index contributed by atoms with van der Waals surface area (Å²) < 4.78 is 19.0. The van der Waals surface area contributed by atoms with E-state index in [1.807, 2.05) is 18.2 Å². The van der Waals surface area contributed by atoms with Gasteiger partial charge in [-0.2, -0.15) is 0 Å². The summed E-state index contributed by atoms with van der Waals surface area (Å²) in [6.07, 6.45) is 4.98. The topological polar surface area (TPSA) is 32.7 Å². The van der Waals surface area contributed by atoms with Crippen LogP contribution in [0.5, 0.6) is 5.75 Å². The maximum Gasteiger partial charge on any atom is 0.123 e. The minimum atomic E-state index is -0.582. The van der Waals surface area contributed by atoms with Crippen LogP contribution >= 0.6 is 0 Å². The molecule has 0 spiro atoms. The zero-order valence-corrected chi connectivity index (χ0v) is 15.9. The van der Waals surface area contributed by atoms with Gasteiger partial charge in [-0.25, -0.2) is 4.39 Å². The minimum Gasteiger partial charge on any atom is -0.497 e. The van der Waals surface area contributed by atoms with Crippen LogP contribution in [-0.2, 0) is 6.54 Å². The van der Waals surface area contributed by atoms with Crippen LogP contribution < -0.4 is 4.74 Å². The lowest BCUT2D eigenvalue weighted by atomic mass is 9.66. The first-order chi connectivity index (χ1) is 13.1. The molecule has 4 heteroatoms. The standard InChI is InChI=1S/C23H28FNO2/c1-27-20-10-8-18(9-11-20)22-21-7-2-3-12-23(21,26)13-14-25(22)16-17-5-4-6-19(24)15-17/h4-6,8-11,15,21-22,26H,2-3,7,12-14,16H2,1H3/t21-,22-,23-/m0/s1. The predicted octanol–water partition coefficient (Wildman–Crippen LogP) is 4.70. The molecule has 2 aliphatic rings. The number of hydrogen-bond donors (Lipinski definition) is 1. The van der Waals surface area contributed by atoms with E-state index in [1.165, 1.54) is 11.6 Å². The second kappa shape index (κ2) is 7.61. The van der Waals surface area contributed by atoms with Crippen LogP contribution in [0.1, 0.15) is 49.3 Å². The molecule has 1 saturated carbocycles. The molecular formula is C23H28FNO2. The van der Waals surface area contributed by atoms with Crippen LogP contribution in [0.25, 0.3) is 0 Å². The van der Waals surface area contributed by atoms with Crippen molar-refractivity contribution in [2.45, 2.75) is 50.3 Å². The van der Waals surface area contributed by atoms with Gasteiger partial charge in [-0.15, -0.1) is 0 Å². The molecule has 1 heterocycles. The van der Waals surface area contributed by atoms with Gasteiger partial charge in [-0.05, 0) is 54.7 Å². The summed E-state index contributed by atoms with van der Waals surface area (Å²) >= 11 is 0. The third-order valence-electron chi connectivity index (χ3n) is 6.40. The van der Waals surface area contributed by atoms with E-state index in [-0.39, 0.29) is 17.8 Å². The summed E-state index contributed by atoms with van der Waals surface area (Å²) in [5, 5.41) is 11.3. The van der Waals surface area contributed by atoms with Crippen LogP contribution in [0.2, 0.25) is 0 Å². The van der Waals surface area contributed by atoms with Crippen LogP contribution in [0.4, 0.5) is 4.39 Å². The first-order valence-electron chi connectivity index (χ1n) is 9.94. The third-order valence-corrected chi connectivity index (χ3v) is 6.40. The zero-order chi connectivity index (χ0) is 18.9. The van der Waals surface area contributed by atoms with E-state index in [2.05, 4.69) is 17.0 Å². The highest BCUT2D eigenvalue weighted by atomic mass is 19.1. The molecule has 1 aliphatic carbocycles. The van der Waals surface area contributed by atoms with Crippen LogP contribution in [0, 0.1) is 11.7 Å². The normalized spacial score (nSPS) is 28.6. The highest BCUT2D eigenvalue weighted by Crippen LogP contribution is 2.49. The van der Waals surface area contributed by atoms with Crippen molar-refractivity contribution in [2.75, 3.05) is 13.7 Å². The van der Waals surface area contributed by atoms with Gasteiger partial charge >= 0.3 is 0 Å². The molecule has 144 valence electrons. The fraction of sp³-hybridized carbons (Fsp3) is 0.478. The van der Waals surface area contributed by atoms with Crippen molar-refractivity contribution in [3.8, 4) is 5.75 Å². The fourth-order valence-corrected chi connectivity index (χ4v) is 5.03. The molecule has 2 fully saturated rings. The Morgan fingerprint density at radius 1 is 1.15 bits per heavy atom. The molecule has 1 N–H and O–H groups in total. The van der Waals surface area contributed by atoms with Gasteiger partial charge in [0.05, 0.1) is 12.7 Å². The van der Waals surface area contributed by atoms with E-state index in [9.17, 15) is 9.50 Å². The minimum absolute atomic E-state index is 0.137. The van der Waals surface area contributed by atoms with Gasteiger partial charge in [-0.3, -0.25) is 4.90 Å². The fourth-order valence-electron chi connectivity index (χ4n) is 5.03. The molecule has 0 aromatic heterocycles. The molecule has 27 heavy (non-hydrogen) atoms. The van der Waals surface area contributed by atoms with Gasteiger partial charge in [0.15, 0.2) is 0 Å². The van der Waals surface area contributed by atoms with Crippen molar-refractivity contribution in [3.05, 3.63) is 65.5 Å². The summed E-state index contributed by atoms with van der Waals surface area (Å²) in [6.45, 7) is 1.52. The van der Waals surface area contributed by atoms with E-state index < -0.39 is 5.60 Å². The number of piperidine rings is 1. The molecule has 2 aromatic rings. The average Bonchev–Trinajstić information content (AvgIpc) is 2.68. The molecule has 0 unspecified atom stereocenters. The van der Waals surface area contributed by atoms with E-state index in [0.717, 1.165) is 50.0 Å². The second-order valence-corrected chi connectivity index (χ2v) is 8.02. The number of aliphatic hydroxyl groups is 1. The Kier molecular flexibility index (Phi) is 5.20. The predicted molar refractivity (Wildman–Crippen MR) is 104 cm³/mol. The Hall–Kier alpha value is -1.91. The van der Waals surface area contributed by atoms with E-state index in [4.69, 9.17) is 4.74 Å². The Labute approximate surface area is 160 Å². The van der Waals surface area contributed by atoms with Gasteiger partial charge in [0, 0.05) is 25.0 Å². The Balaban J connectivity index is 1.67. The van der Waals surface area contributed by atoms with Gasteiger partial charge in [-0.1, -0.05) is 37.1 Å². The van der Waals surface area contributed by atoms with Gasteiger partial charge in [0.1, 0.15) is 11.6 Å². The number of likely N-dealkylation sites (tertiary alicyclic amines) is 1. The largest absolute Gasteiger partial charge is 0.497 e. The Morgan fingerprint density at radius 2 is 1.96 bits per heavy atom. The molecular weight excluding hydrogens is 341 g/mol. The number of fused-ring (bicyclic) bond motifs is 1. The SMILES string of the molecule is COc1ccc([C@H]2[C@@H]3CCCC[C@]3(O)CCN2Cc2cccc(F)c2)cc1. The smallest absolute Gasteiger partial charge is 0.123 e. The second-order valence-electron chi connectivity index (χ2n) is 8.02. The number of rotatable bonds is 4. The molecule has 3 atom stereocenters. The highest BCUT2D eigenvalue weighted by molar-refractivity contribution is 5.31. The van der Waals surface area contributed by atoms with Gasteiger partial charge in [0.2, 0.25) is 0 Å². The van der Waals surface area contributed by atoms with Crippen LogP contribution in [0.3, 0.4) is 0 Å². The van der Waals surface area contributed by atoms with E-state index in [0.29, 0.717) is 6.54 Å². The molecule has 1 aliphatic heterocycles. The number of ether oxygens (including phenoxy) is 1. The van der Waals surface area contributed by atoms with Crippen molar-refractivity contribution in [1.82, 2.24) is 4.90 Å².